The van der Waals surface area contributed by atoms with Crippen LogP contribution >= 0.6 is 0 Å². The predicted molar refractivity (Wildman–Crippen MR) is 77.0 cm³/mol. The fourth-order valence-electron chi connectivity index (χ4n) is 2.67. The SMILES string of the molecule is Cc1ccc(C=CC(=O)N2CCn3cccc3C2C)o1. The van der Waals surface area contributed by atoms with Crippen LogP contribution in [0.25, 0.3) is 6.08 Å². The zero-order chi connectivity index (χ0) is 14.1. The third-order valence-corrected chi connectivity index (χ3v) is 3.78. The number of carbonyl (C=O) groups excluding carboxylic acids is 1. The van der Waals surface area contributed by atoms with Gasteiger partial charge in [-0.1, -0.05) is 0 Å². The lowest BCUT2D eigenvalue weighted by Gasteiger charge is -2.34. The van der Waals surface area contributed by atoms with E-state index >= 15 is 0 Å². The fourth-order valence-corrected chi connectivity index (χ4v) is 2.67. The first-order chi connectivity index (χ1) is 9.65. The van der Waals surface area contributed by atoms with Crippen LogP contribution in [-0.4, -0.2) is 21.9 Å². The average molecular weight is 270 g/mol. The van der Waals surface area contributed by atoms with Gasteiger partial charge in [0.2, 0.25) is 5.91 Å². The first kappa shape index (κ1) is 12.8. The molecule has 2 aromatic heterocycles. The second-order valence-corrected chi connectivity index (χ2v) is 5.12. The molecule has 0 fully saturated rings. The van der Waals surface area contributed by atoms with Crippen LogP contribution in [0.1, 0.15) is 30.2 Å². The summed E-state index contributed by atoms with van der Waals surface area (Å²) in [5, 5.41) is 0. The second kappa shape index (κ2) is 5.04. The summed E-state index contributed by atoms with van der Waals surface area (Å²) in [6.45, 7) is 5.54. The lowest BCUT2D eigenvalue weighted by atomic mass is 10.1. The van der Waals surface area contributed by atoms with Gasteiger partial charge >= 0.3 is 0 Å². The summed E-state index contributed by atoms with van der Waals surface area (Å²) in [6.07, 6.45) is 5.39. The minimum Gasteiger partial charge on any atom is -0.462 e. The lowest BCUT2D eigenvalue weighted by molar-refractivity contribution is -0.129. The van der Waals surface area contributed by atoms with E-state index in [0.717, 1.165) is 18.8 Å². The Morgan fingerprint density at radius 3 is 2.95 bits per heavy atom. The van der Waals surface area contributed by atoms with Crippen LogP contribution in [0.15, 0.2) is 41.0 Å². The molecule has 0 spiro atoms. The zero-order valence-corrected chi connectivity index (χ0v) is 11.7. The summed E-state index contributed by atoms with van der Waals surface area (Å²) < 4.78 is 7.63. The molecule has 1 atom stereocenters. The van der Waals surface area contributed by atoms with Crippen LogP contribution in [0.4, 0.5) is 0 Å². The van der Waals surface area contributed by atoms with Crippen molar-refractivity contribution in [2.45, 2.75) is 26.4 Å². The second-order valence-electron chi connectivity index (χ2n) is 5.12. The Balaban J connectivity index is 1.74. The number of furan rings is 1. The molecule has 4 nitrogen and oxygen atoms in total. The zero-order valence-electron chi connectivity index (χ0n) is 11.7. The first-order valence-corrected chi connectivity index (χ1v) is 6.85. The highest BCUT2D eigenvalue weighted by molar-refractivity contribution is 5.91. The molecular weight excluding hydrogens is 252 g/mol. The molecule has 4 heteroatoms. The number of nitrogens with zero attached hydrogens (tertiary/aromatic N) is 2. The van der Waals surface area contributed by atoms with Crippen molar-refractivity contribution in [1.29, 1.82) is 0 Å². The van der Waals surface area contributed by atoms with E-state index in [1.807, 2.05) is 30.0 Å². The van der Waals surface area contributed by atoms with Crippen molar-refractivity contribution in [3.63, 3.8) is 0 Å². The smallest absolute Gasteiger partial charge is 0.247 e. The monoisotopic (exact) mass is 270 g/mol. The standard InChI is InChI=1S/C16H18N2O2/c1-12-5-6-14(20-12)7-8-16(19)18-11-10-17-9-3-4-15(17)13(18)2/h3-9,13H,10-11H2,1-2H3. The van der Waals surface area contributed by atoms with Crippen LogP contribution in [0.2, 0.25) is 0 Å². The van der Waals surface area contributed by atoms with Crippen LogP contribution in [0.5, 0.6) is 0 Å². The summed E-state index contributed by atoms with van der Waals surface area (Å²) in [5.41, 5.74) is 1.19. The van der Waals surface area contributed by atoms with Crippen molar-refractivity contribution < 1.29 is 9.21 Å². The van der Waals surface area contributed by atoms with Gasteiger partial charge < -0.3 is 13.9 Å². The largest absolute Gasteiger partial charge is 0.462 e. The van der Waals surface area contributed by atoms with Gasteiger partial charge in [0.05, 0.1) is 6.04 Å². The fraction of sp³-hybridized carbons (Fsp3) is 0.312. The highest BCUT2D eigenvalue weighted by Gasteiger charge is 2.25. The van der Waals surface area contributed by atoms with Crippen molar-refractivity contribution in [2.75, 3.05) is 6.54 Å². The van der Waals surface area contributed by atoms with Crippen molar-refractivity contribution in [3.8, 4) is 0 Å². The Morgan fingerprint density at radius 2 is 2.20 bits per heavy atom. The third-order valence-electron chi connectivity index (χ3n) is 3.78. The molecule has 0 bridgehead atoms. The number of amides is 1. The summed E-state index contributed by atoms with van der Waals surface area (Å²) in [7, 11) is 0. The molecule has 2 aromatic rings. The predicted octanol–water partition coefficient (Wildman–Crippen LogP) is 3.01. The van der Waals surface area contributed by atoms with E-state index in [-0.39, 0.29) is 11.9 Å². The maximum absolute atomic E-state index is 12.3. The van der Waals surface area contributed by atoms with Crippen LogP contribution in [-0.2, 0) is 11.3 Å². The van der Waals surface area contributed by atoms with Gasteiger partial charge in [0, 0.05) is 31.1 Å². The molecule has 1 amide bonds. The summed E-state index contributed by atoms with van der Waals surface area (Å²) in [6, 6.07) is 7.96. The highest BCUT2D eigenvalue weighted by atomic mass is 16.3. The van der Waals surface area contributed by atoms with Crippen LogP contribution in [0.3, 0.4) is 0 Å². The molecule has 104 valence electrons. The van der Waals surface area contributed by atoms with E-state index in [2.05, 4.69) is 23.8 Å². The number of rotatable bonds is 2. The number of hydrogen-bond acceptors (Lipinski definition) is 2. The Bertz CT molecular complexity index is 651. The molecule has 1 aliphatic heterocycles. The summed E-state index contributed by atoms with van der Waals surface area (Å²) in [5.74, 6) is 1.59. The Hall–Kier alpha value is -2.23. The van der Waals surface area contributed by atoms with Crippen molar-refractivity contribution in [1.82, 2.24) is 9.47 Å². The highest BCUT2D eigenvalue weighted by Crippen LogP contribution is 2.25. The normalized spacial score (nSPS) is 18.5. The molecule has 0 saturated heterocycles. The van der Waals surface area contributed by atoms with Gasteiger partial charge in [-0.25, -0.2) is 0 Å². The molecule has 3 rings (SSSR count). The maximum Gasteiger partial charge on any atom is 0.247 e. The van der Waals surface area contributed by atoms with Crippen LogP contribution < -0.4 is 0 Å². The lowest BCUT2D eigenvalue weighted by Crippen LogP contribution is -2.39. The number of hydrogen-bond donors (Lipinski definition) is 0. The Morgan fingerprint density at radius 1 is 1.35 bits per heavy atom. The molecular formula is C16H18N2O2. The molecule has 0 saturated carbocycles. The van der Waals surface area contributed by atoms with E-state index in [4.69, 9.17) is 4.42 Å². The summed E-state index contributed by atoms with van der Waals surface area (Å²) in [4.78, 5) is 14.2. The third kappa shape index (κ3) is 2.29. The van der Waals surface area contributed by atoms with E-state index in [1.165, 1.54) is 5.69 Å². The minimum absolute atomic E-state index is 0.0269. The van der Waals surface area contributed by atoms with Gasteiger partial charge in [-0.3, -0.25) is 4.79 Å². The van der Waals surface area contributed by atoms with Crippen molar-refractivity contribution in [2.24, 2.45) is 0 Å². The van der Waals surface area contributed by atoms with E-state index < -0.39 is 0 Å². The van der Waals surface area contributed by atoms with E-state index in [9.17, 15) is 4.79 Å². The molecule has 0 radical (unpaired) electrons. The quantitative estimate of drug-likeness (QED) is 0.787. The van der Waals surface area contributed by atoms with E-state index in [1.54, 1.807) is 12.2 Å². The average Bonchev–Trinajstić information content (AvgIpc) is 3.05. The Kier molecular flexibility index (Phi) is 3.22. The van der Waals surface area contributed by atoms with Gasteiger partial charge in [0.25, 0.3) is 0 Å². The molecule has 0 aromatic carbocycles. The first-order valence-electron chi connectivity index (χ1n) is 6.85. The van der Waals surface area contributed by atoms with E-state index in [0.29, 0.717) is 5.76 Å². The molecule has 1 aliphatic rings. The number of carbonyl (C=O) groups is 1. The van der Waals surface area contributed by atoms with Gasteiger partial charge in [-0.15, -0.1) is 0 Å². The molecule has 0 aliphatic carbocycles. The van der Waals surface area contributed by atoms with Gasteiger partial charge in [0.15, 0.2) is 0 Å². The minimum atomic E-state index is 0.0269. The Labute approximate surface area is 118 Å². The molecule has 3 heterocycles. The maximum atomic E-state index is 12.3. The molecule has 0 N–H and O–H groups in total. The van der Waals surface area contributed by atoms with Gasteiger partial charge in [-0.2, -0.15) is 0 Å². The number of aromatic nitrogens is 1. The molecule has 20 heavy (non-hydrogen) atoms. The van der Waals surface area contributed by atoms with Gasteiger partial charge in [-0.05, 0) is 44.2 Å². The van der Waals surface area contributed by atoms with Crippen molar-refractivity contribution in [3.05, 3.63) is 53.8 Å². The number of aryl methyl sites for hydroxylation is 1. The molecule has 1 unspecified atom stereocenters. The van der Waals surface area contributed by atoms with Crippen molar-refractivity contribution >= 4 is 12.0 Å². The summed E-state index contributed by atoms with van der Waals surface area (Å²) >= 11 is 0. The topological polar surface area (TPSA) is 38.4 Å². The van der Waals surface area contributed by atoms with Crippen LogP contribution in [0, 0.1) is 6.92 Å². The van der Waals surface area contributed by atoms with Gasteiger partial charge in [0.1, 0.15) is 11.5 Å². The number of fused-ring (bicyclic) bond motifs is 1.